The number of rotatable bonds is 7. The minimum Gasteiger partial charge on any atom is -0.356 e. The highest BCUT2D eigenvalue weighted by molar-refractivity contribution is 6.31. The monoisotopic (exact) mass is 253 g/mol. The van der Waals surface area contributed by atoms with Crippen LogP contribution in [0.4, 0.5) is 0 Å². The summed E-state index contributed by atoms with van der Waals surface area (Å²) in [7, 11) is 0. The summed E-state index contributed by atoms with van der Waals surface area (Å²) in [5.74, 6) is 0.158. The van der Waals surface area contributed by atoms with Crippen molar-refractivity contribution in [3.8, 4) is 0 Å². The topological polar surface area (TPSA) is 29.1 Å². The van der Waals surface area contributed by atoms with E-state index in [0.717, 1.165) is 37.3 Å². The molecular weight excluding hydrogens is 234 g/mol. The van der Waals surface area contributed by atoms with E-state index in [-0.39, 0.29) is 5.91 Å². The molecule has 0 saturated carbocycles. The third-order valence-corrected chi connectivity index (χ3v) is 3.00. The Hall–Kier alpha value is -1.02. The van der Waals surface area contributed by atoms with Crippen LogP contribution in [-0.4, -0.2) is 12.5 Å². The maximum Gasteiger partial charge on any atom is 0.219 e. The van der Waals surface area contributed by atoms with E-state index in [1.807, 2.05) is 25.1 Å². The van der Waals surface area contributed by atoms with Crippen LogP contribution in [0.1, 0.15) is 38.2 Å². The summed E-state index contributed by atoms with van der Waals surface area (Å²) >= 11 is 6.06. The smallest absolute Gasteiger partial charge is 0.219 e. The van der Waals surface area contributed by atoms with Crippen molar-refractivity contribution in [1.29, 1.82) is 0 Å². The quantitative estimate of drug-likeness (QED) is 0.740. The molecule has 0 aliphatic rings. The van der Waals surface area contributed by atoms with E-state index >= 15 is 0 Å². The lowest BCUT2D eigenvalue weighted by Crippen LogP contribution is -2.23. The number of nitrogens with one attached hydrogen (secondary N) is 1. The minimum absolute atomic E-state index is 0.158. The average Bonchev–Trinajstić information content (AvgIpc) is 2.31. The van der Waals surface area contributed by atoms with Gasteiger partial charge in [-0.05, 0) is 37.3 Å². The molecule has 1 aromatic rings. The van der Waals surface area contributed by atoms with Gasteiger partial charge in [0.1, 0.15) is 0 Å². The van der Waals surface area contributed by atoms with Gasteiger partial charge in [0.2, 0.25) is 5.91 Å². The van der Waals surface area contributed by atoms with E-state index in [2.05, 4.69) is 11.4 Å². The zero-order chi connectivity index (χ0) is 12.5. The Bertz CT molecular complexity index is 352. The number of unbranched alkanes of at least 4 members (excludes halogenated alkanes) is 1. The summed E-state index contributed by atoms with van der Waals surface area (Å²) < 4.78 is 0. The van der Waals surface area contributed by atoms with Crippen LogP contribution in [0.2, 0.25) is 5.02 Å². The average molecular weight is 254 g/mol. The van der Waals surface area contributed by atoms with E-state index in [9.17, 15) is 4.79 Å². The van der Waals surface area contributed by atoms with E-state index in [1.54, 1.807) is 0 Å². The van der Waals surface area contributed by atoms with Crippen LogP contribution in [0.25, 0.3) is 0 Å². The molecule has 94 valence electrons. The molecule has 17 heavy (non-hydrogen) atoms. The fourth-order valence-corrected chi connectivity index (χ4v) is 1.92. The van der Waals surface area contributed by atoms with Crippen LogP contribution >= 0.6 is 11.6 Å². The molecule has 3 heteroatoms. The second kappa shape index (κ2) is 8.13. The molecular formula is C14H20ClNO. The van der Waals surface area contributed by atoms with Gasteiger partial charge in [-0.1, -0.05) is 36.7 Å². The number of carbonyl (C=O) groups excluding carboxylic acids is 1. The van der Waals surface area contributed by atoms with Crippen LogP contribution < -0.4 is 5.32 Å². The highest BCUT2D eigenvalue weighted by Crippen LogP contribution is 2.16. The normalized spacial score (nSPS) is 10.2. The van der Waals surface area contributed by atoms with Crippen LogP contribution in [0.15, 0.2) is 24.3 Å². The highest BCUT2D eigenvalue weighted by atomic mass is 35.5. The maximum atomic E-state index is 11.2. The van der Waals surface area contributed by atoms with Gasteiger partial charge in [-0.2, -0.15) is 0 Å². The van der Waals surface area contributed by atoms with Crippen LogP contribution in [0.3, 0.4) is 0 Å². The fourth-order valence-electron chi connectivity index (χ4n) is 1.68. The van der Waals surface area contributed by atoms with Crippen molar-refractivity contribution >= 4 is 17.5 Å². The summed E-state index contributed by atoms with van der Waals surface area (Å²) in [5.41, 5.74) is 1.19. The van der Waals surface area contributed by atoms with Gasteiger partial charge in [0, 0.05) is 18.0 Å². The second-order valence-corrected chi connectivity index (χ2v) is 4.56. The maximum absolute atomic E-state index is 11.2. The standard InChI is InChI=1S/C14H20ClNO/c1-2-7-14(17)16-11-6-5-9-12-8-3-4-10-13(12)15/h3-4,8,10H,2,5-7,9,11H2,1H3,(H,16,17). The number of hydrogen-bond acceptors (Lipinski definition) is 1. The molecule has 0 unspecified atom stereocenters. The summed E-state index contributed by atoms with van der Waals surface area (Å²) in [5, 5.41) is 3.75. The fraction of sp³-hybridized carbons (Fsp3) is 0.500. The van der Waals surface area contributed by atoms with Crippen molar-refractivity contribution in [1.82, 2.24) is 5.32 Å². The van der Waals surface area contributed by atoms with E-state index in [1.165, 1.54) is 5.56 Å². The molecule has 1 N–H and O–H groups in total. The molecule has 0 spiro atoms. The number of aryl methyl sites for hydroxylation is 1. The number of benzene rings is 1. The molecule has 0 aliphatic heterocycles. The molecule has 0 heterocycles. The lowest BCUT2D eigenvalue weighted by Gasteiger charge is -2.05. The van der Waals surface area contributed by atoms with Gasteiger partial charge < -0.3 is 5.32 Å². The molecule has 0 aromatic heterocycles. The molecule has 0 fully saturated rings. The molecule has 0 saturated heterocycles. The Morgan fingerprint density at radius 2 is 2.06 bits per heavy atom. The van der Waals surface area contributed by atoms with Gasteiger partial charge >= 0.3 is 0 Å². The molecule has 0 radical (unpaired) electrons. The summed E-state index contributed by atoms with van der Waals surface area (Å²) in [6, 6.07) is 7.92. The molecule has 0 atom stereocenters. The SMILES string of the molecule is CCCC(=O)NCCCCc1ccccc1Cl. The third kappa shape index (κ3) is 5.73. The van der Waals surface area contributed by atoms with Gasteiger partial charge in [0.05, 0.1) is 0 Å². The molecule has 0 bridgehead atoms. The minimum atomic E-state index is 0.158. The second-order valence-electron chi connectivity index (χ2n) is 4.15. The number of carbonyl (C=O) groups is 1. The third-order valence-electron chi connectivity index (χ3n) is 2.63. The van der Waals surface area contributed by atoms with Gasteiger partial charge in [-0.3, -0.25) is 4.79 Å². The molecule has 1 rings (SSSR count). The molecule has 0 aliphatic carbocycles. The van der Waals surface area contributed by atoms with E-state index in [4.69, 9.17) is 11.6 Å². The number of hydrogen-bond donors (Lipinski definition) is 1. The van der Waals surface area contributed by atoms with Gasteiger partial charge in [0.15, 0.2) is 0 Å². The summed E-state index contributed by atoms with van der Waals surface area (Å²) in [6.45, 7) is 2.78. The van der Waals surface area contributed by atoms with Gasteiger partial charge in [-0.15, -0.1) is 0 Å². The first kappa shape index (κ1) is 14.0. The van der Waals surface area contributed by atoms with Crippen LogP contribution in [0.5, 0.6) is 0 Å². The van der Waals surface area contributed by atoms with Crippen molar-refractivity contribution in [2.24, 2.45) is 0 Å². The lowest BCUT2D eigenvalue weighted by molar-refractivity contribution is -0.121. The summed E-state index contributed by atoms with van der Waals surface area (Å²) in [4.78, 5) is 11.2. The zero-order valence-corrected chi connectivity index (χ0v) is 11.1. The Balaban J connectivity index is 2.13. The first-order valence-corrected chi connectivity index (χ1v) is 6.62. The van der Waals surface area contributed by atoms with Crippen molar-refractivity contribution in [2.45, 2.75) is 39.0 Å². The Kier molecular flexibility index (Phi) is 6.71. The van der Waals surface area contributed by atoms with Crippen molar-refractivity contribution in [3.63, 3.8) is 0 Å². The molecule has 1 amide bonds. The largest absolute Gasteiger partial charge is 0.356 e. The van der Waals surface area contributed by atoms with Crippen LogP contribution in [-0.2, 0) is 11.2 Å². The lowest BCUT2D eigenvalue weighted by atomic mass is 10.1. The Morgan fingerprint density at radius 1 is 1.29 bits per heavy atom. The summed E-state index contributed by atoms with van der Waals surface area (Å²) in [6.07, 6.45) is 4.57. The number of halogens is 1. The Labute approximate surface area is 108 Å². The van der Waals surface area contributed by atoms with Crippen molar-refractivity contribution < 1.29 is 4.79 Å². The van der Waals surface area contributed by atoms with Crippen molar-refractivity contribution in [2.75, 3.05) is 6.54 Å². The molecule has 2 nitrogen and oxygen atoms in total. The Morgan fingerprint density at radius 3 is 2.76 bits per heavy atom. The number of amides is 1. The first-order valence-electron chi connectivity index (χ1n) is 6.24. The first-order chi connectivity index (χ1) is 8.24. The van der Waals surface area contributed by atoms with E-state index < -0.39 is 0 Å². The zero-order valence-electron chi connectivity index (χ0n) is 10.3. The van der Waals surface area contributed by atoms with Crippen molar-refractivity contribution in [3.05, 3.63) is 34.9 Å². The molecule has 1 aromatic carbocycles. The van der Waals surface area contributed by atoms with Gasteiger partial charge in [-0.25, -0.2) is 0 Å². The predicted molar refractivity (Wildman–Crippen MR) is 72.3 cm³/mol. The predicted octanol–water partition coefficient (Wildman–Crippen LogP) is 3.58. The van der Waals surface area contributed by atoms with Gasteiger partial charge in [0.25, 0.3) is 0 Å². The van der Waals surface area contributed by atoms with Crippen LogP contribution in [0, 0.1) is 0 Å². The highest BCUT2D eigenvalue weighted by Gasteiger charge is 2.00. The van der Waals surface area contributed by atoms with E-state index in [0.29, 0.717) is 6.42 Å².